The van der Waals surface area contributed by atoms with E-state index >= 15 is 0 Å². The molecule has 0 saturated carbocycles. The first-order valence-corrected chi connectivity index (χ1v) is 9.92. The molecule has 136 valence electrons. The Hall–Kier alpha value is -3.09. The molecule has 0 aliphatic rings. The Balaban J connectivity index is 1.86. The van der Waals surface area contributed by atoms with E-state index in [0.717, 1.165) is 32.7 Å². The van der Waals surface area contributed by atoms with Crippen molar-refractivity contribution in [1.82, 2.24) is 4.57 Å². The van der Waals surface area contributed by atoms with Gasteiger partial charge in [0.15, 0.2) is 0 Å². The van der Waals surface area contributed by atoms with Gasteiger partial charge in [-0.25, -0.2) is 0 Å². The van der Waals surface area contributed by atoms with Crippen molar-refractivity contribution in [2.45, 2.75) is 13.8 Å². The van der Waals surface area contributed by atoms with Gasteiger partial charge in [0.05, 0.1) is 17.3 Å². The summed E-state index contributed by atoms with van der Waals surface area (Å²) in [5, 5.41) is 12.1. The third-order valence-corrected chi connectivity index (χ3v) is 5.58. The van der Waals surface area contributed by atoms with Crippen LogP contribution in [0.2, 0.25) is 0 Å². The number of rotatable bonds is 3. The van der Waals surface area contributed by atoms with Crippen LogP contribution < -0.4 is 0 Å². The van der Waals surface area contributed by atoms with E-state index in [0.29, 0.717) is 5.57 Å². The molecule has 4 rings (SSSR count). The van der Waals surface area contributed by atoms with Crippen LogP contribution in [0.4, 0.5) is 0 Å². The summed E-state index contributed by atoms with van der Waals surface area (Å²) in [5.74, 6) is 0. The molecule has 0 aliphatic carbocycles. The van der Waals surface area contributed by atoms with Crippen molar-refractivity contribution in [1.29, 1.82) is 5.26 Å². The zero-order valence-corrected chi connectivity index (χ0v) is 17.4. The van der Waals surface area contributed by atoms with E-state index in [-0.39, 0.29) is 0 Å². The minimum absolute atomic E-state index is 0.658. The number of fused-ring (bicyclic) bond motifs is 1. The Bertz CT molecular complexity index is 1230. The quantitative estimate of drug-likeness (QED) is 0.321. The smallest absolute Gasteiger partial charge is 0.0998 e. The van der Waals surface area contributed by atoms with Crippen LogP contribution in [0.15, 0.2) is 77.3 Å². The van der Waals surface area contributed by atoms with Crippen LogP contribution in [-0.2, 0) is 0 Å². The van der Waals surface area contributed by atoms with E-state index in [1.807, 2.05) is 30.3 Å². The second-order valence-corrected chi connectivity index (χ2v) is 7.75. The Labute approximate surface area is 173 Å². The highest BCUT2D eigenvalue weighted by molar-refractivity contribution is 9.10. The first kappa shape index (κ1) is 18.3. The molecular weight excluding hydrogens is 408 g/mol. The summed E-state index contributed by atoms with van der Waals surface area (Å²) in [5.41, 5.74) is 6.07. The van der Waals surface area contributed by atoms with Crippen molar-refractivity contribution in [3.63, 3.8) is 0 Å². The zero-order chi connectivity index (χ0) is 19.7. The number of hydrogen-bond donors (Lipinski definition) is 0. The van der Waals surface area contributed by atoms with Gasteiger partial charge in [-0.1, -0.05) is 64.5 Å². The van der Waals surface area contributed by atoms with Gasteiger partial charge in [-0.15, -0.1) is 0 Å². The molecule has 28 heavy (non-hydrogen) atoms. The Morgan fingerprint density at radius 3 is 2.43 bits per heavy atom. The molecule has 0 bridgehead atoms. The Morgan fingerprint density at radius 2 is 1.68 bits per heavy atom. The minimum Gasteiger partial charge on any atom is -0.317 e. The number of hydrogen-bond acceptors (Lipinski definition) is 1. The van der Waals surface area contributed by atoms with Crippen molar-refractivity contribution in [2.75, 3.05) is 0 Å². The zero-order valence-electron chi connectivity index (χ0n) is 15.8. The summed E-state index contributed by atoms with van der Waals surface area (Å²) < 4.78 is 3.27. The van der Waals surface area contributed by atoms with E-state index in [4.69, 9.17) is 0 Å². The molecule has 0 spiro atoms. The second kappa shape index (κ2) is 7.50. The van der Waals surface area contributed by atoms with Crippen LogP contribution in [0.25, 0.3) is 28.1 Å². The second-order valence-electron chi connectivity index (χ2n) is 6.84. The van der Waals surface area contributed by atoms with E-state index < -0.39 is 0 Å². The maximum Gasteiger partial charge on any atom is 0.0998 e. The third-order valence-electron chi connectivity index (χ3n) is 5.05. The number of halogens is 1. The normalized spacial score (nSPS) is 11.6. The van der Waals surface area contributed by atoms with Crippen molar-refractivity contribution in [2.24, 2.45) is 0 Å². The molecule has 3 heteroatoms. The summed E-state index contributed by atoms with van der Waals surface area (Å²) in [7, 11) is 0. The molecule has 1 aromatic heterocycles. The predicted molar refractivity (Wildman–Crippen MR) is 120 cm³/mol. The predicted octanol–water partition coefficient (Wildman–Crippen LogP) is 7.07. The maximum absolute atomic E-state index is 9.70. The van der Waals surface area contributed by atoms with E-state index in [1.165, 1.54) is 10.8 Å². The number of aryl methyl sites for hydroxylation is 1. The first-order chi connectivity index (χ1) is 13.6. The fraction of sp³-hybridized carbons (Fsp3) is 0.0800. The highest BCUT2D eigenvalue weighted by Gasteiger charge is 2.13. The van der Waals surface area contributed by atoms with Crippen LogP contribution >= 0.6 is 15.9 Å². The molecule has 4 aromatic rings. The molecule has 0 saturated heterocycles. The van der Waals surface area contributed by atoms with Crippen LogP contribution in [0, 0.1) is 25.2 Å². The fourth-order valence-electron chi connectivity index (χ4n) is 3.67. The Morgan fingerprint density at radius 1 is 0.964 bits per heavy atom. The number of benzene rings is 3. The SMILES string of the molecule is Cc1cc(/C=C(/C#N)c2ccc(Br)cc2)c(C)n1-c1cccc2ccccc12. The van der Waals surface area contributed by atoms with Crippen molar-refractivity contribution in [3.8, 4) is 11.8 Å². The lowest BCUT2D eigenvalue weighted by atomic mass is 10.0. The molecule has 0 radical (unpaired) electrons. The first-order valence-electron chi connectivity index (χ1n) is 9.13. The average Bonchev–Trinajstić information content (AvgIpc) is 2.99. The molecule has 2 nitrogen and oxygen atoms in total. The average molecular weight is 427 g/mol. The topological polar surface area (TPSA) is 28.7 Å². The lowest BCUT2D eigenvalue weighted by Gasteiger charge is -2.13. The molecule has 0 aliphatic heterocycles. The molecule has 0 unspecified atom stereocenters. The van der Waals surface area contributed by atoms with Gasteiger partial charge in [0.1, 0.15) is 0 Å². The van der Waals surface area contributed by atoms with Gasteiger partial charge >= 0.3 is 0 Å². The van der Waals surface area contributed by atoms with E-state index in [9.17, 15) is 5.26 Å². The number of nitrogens with zero attached hydrogens (tertiary/aromatic N) is 2. The van der Waals surface area contributed by atoms with E-state index in [1.54, 1.807) is 0 Å². The van der Waals surface area contributed by atoms with Crippen molar-refractivity contribution in [3.05, 3.63) is 99.8 Å². The molecule has 0 amide bonds. The number of allylic oxidation sites excluding steroid dienone is 1. The van der Waals surface area contributed by atoms with Crippen LogP contribution in [-0.4, -0.2) is 4.57 Å². The maximum atomic E-state index is 9.70. The molecule has 0 fully saturated rings. The van der Waals surface area contributed by atoms with Crippen LogP contribution in [0.1, 0.15) is 22.5 Å². The molecule has 0 atom stereocenters. The third kappa shape index (κ3) is 3.28. The fourth-order valence-corrected chi connectivity index (χ4v) is 3.94. The molecule has 1 heterocycles. The molecular formula is C25H19BrN2. The van der Waals surface area contributed by atoms with Crippen molar-refractivity contribution < 1.29 is 0 Å². The lowest BCUT2D eigenvalue weighted by molar-refractivity contribution is 0.973. The van der Waals surface area contributed by atoms with Gasteiger partial charge in [0, 0.05) is 21.2 Å². The van der Waals surface area contributed by atoms with Gasteiger partial charge < -0.3 is 4.57 Å². The molecule has 0 N–H and O–H groups in total. The van der Waals surface area contributed by atoms with Gasteiger partial charge in [-0.05, 0) is 60.7 Å². The largest absolute Gasteiger partial charge is 0.317 e. The summed E-state index contributed by atoms with van der Waals surface area (Å²) in [6.07, 6.45) is 1.98. The molecule has 3 aromatic carbocycles. The van der Waals surface area contributed by atoms with Gasteiger partial charge in [0.25, 0.3) is 0 Å². The lowest BCUT2D eigenvalue weighted by Crippen LogP contribution is -2.00. The summed E-state index contributed by atoms with van der Waals surface area (Å²) in [6, 6.07) is 27.1. The highest BCUT2D eigenvalue weighted by Crippen LogP contribution is 2.29. The summed E-state index contributed by atoms with van der Waals surface area (Å²) in [6.45, 7) is 4.22. The number of aromatic nitrogens is 1. The van der Waals surface area contributed by atoms with Gasteiger partial charge in [-0.3, -0.25) is 0 Å². The standard InChI is InChI=1S/C25H19BrN2/c1-17-14-21(15-22(16-27)19-10-12-23(26)13-11-19)18(2)28(17)25-9-5-7-20-6-3-4-8-24(20)25/h3-15H,1-2H3/b22-15-. The van der Waals surface area contributed by atoms with Crippen LogP contribution in [0.5, 0.6) is 0 Å². The number of nitriles is 1. The van der Waals surface area contributed by atoms with E-state index in [2.05, 4.69) is 88.9 Å². The van der Waals surface area contributed by atoms with Gasteiger partial charge in [-0.2, -0.15) is 5.26 Å². The minimum atomic E-state index is 0.658. The van der Waals surface area contributed by atoms with Crippen molar-refractivity contribution >= 4 is 38.4 Å². The van der Waals surface area contributed by atoms with Gasteiger partial charge in [0.2, 0.25) is 0 Å². The Kier molecular flexibility index (Phi) is 4.90. The van der Waals surface area contributed by atoms with Crippen LogP contribution in [0.3, 0.4) is 0 Å². The monoisotopic (exact) mass is 426 g/mol. The highest BCUT2D eigenvalue weighted by atomic mass is 79.9. The summed E-state index contributed by atoms with van der Waals surface area (Å²) in [4.78, 5) is 0. The summed E-state index contributed by atoms with van der Waals surface area (Å²) >= 11 is 3.45.